The number of rotatable bonds is 2. The Morgan fingerprint density at radius 1 is 0.875 bits per heavy atom. The van der Waals surface area contributed by atoms with Gasteiger partial charge >= 0.3 is 0 Å². The third-order valence-electron chi connectivity index (χ3n) is 3.63. The Balaban J connectivity index is 0.00000225. The summed E-state index contributed by atoms with van der Waals surface area (Å²) in [6, 6.07) is -0.261. The van der Waals surface area contributed by atoms with E-state index in [1.165, 1.54) is 27.8 Å². The quantitative estimate of drug-likeness (QED) is 0.839. The second kappa shape index (κ2) is 5.67. The number of nitrogens with two attached hydrogens (primary N) is 1. The van der Waals surface area contributed by atoms with Crippen molar-refractivity contribution in [2.24, 2.45) is 5.73 Å². The van der Waals surface area contributed by atoms with E-state index in [4.69, 9.17) is 10.8 Å². The first kappa shape index (κ1) is 15.4. The lowest BCUT2D eigenvalue weighted by atomic mass is 9.87. The second-order valence-corrected chi connectivity index (χ2v) is 4.33. The summed E-state index contributed by atoms with van der Waals surface area (Å²) in [5.74, 6) is 0. The standard InChI is InChI=1S/C13H21NO.ClH/c1-7-8(2)10(4)13(12(14)6-15)11(5)9(7)3;/h12,15H,6,14H2,1-5H3;1H. The van der Waals surface area contributed by atoms with Crippen LogP contribution in [-0.4, -0.2) is 11.7 Å². The topological polar surface area (TPSA) is 46.2 Å². The van der Waals surface area contributed by atoms with Crippen LogP contribution in [0.1, 0.15) is 39.4 Å². The molecule has 0 fully saturated rings. The first-order chi connectivity index (χ1) is 6.91. The van der Waals surface area contributed by atoms with Crippen LogP contribution >= 0.6 is 12.4 Å². The summed E-state index contributed by atoms with van der Waals surface area (Å²) in [6.07, 6.45) is 0. The molecule has 1 atom stereocenters. The first-order valence-electron chi connectivity index (χ1n) is 5.35. The van der Waals surface area contributed by atoms with Crippen molar-refractivity contribution < 1.29 is 5.11 Å². The van der Waals surface area contributed by atoms with E-state index in [0.717, 1.165) is 5.56 Å². The molecule has 1 aromatic carbocycles. The third kappa shape index (κ3) is 2.40. The van der Waals surface area contributed by atoms with Crippen LogP contribution in [0.15, 0.2) is 0 Å². The molecule has 16 heavy (non-hydrogen) atoms. The van der Waals surface area contributed by atoms with Gasteiger partial charge < -0.3 is 10.8 Å². The molecule has 0 aliphatic rings. The Hall–Kier alpha value is -0.570. The van der Waals surface area contributed by atoms with E-state index in [0.29, 0.717) is 0 Å². The van der Waals surface area contributed by atoms with Crippen molar-refractivity contribution in [3.8, 4) is 0 Å². The van der Waals surface area contributed by atoms with Crippen LogP contribution in [-0.2, 0) is 0 Å². The average Bonchev–Trinajstić information content (AvgIpc) is 2.23. The van der Waals surface area contributed by atoms with Crippen molar-refractivity contribution in [1.82, 2.24) is 0 Å². The van der Waals surface area contributed by atoms with Crippen LogP contribution in [0.2, 0.25) is 0 Å². The van der Waals surface area contributed by atoms with Gasteiger partial charge in [-0.1, -0.05) is 0 Å². The van der Waals surface area contributed by atoms with E-state index in [-0.39, 0.29) is 25.1 Å². The molecule has 92 valence electrons. The summed E-state index contributed by atoms with van der Waals surface area (Å²) >= 11 is 0. The van der Waals surface area contributed by atoms with Crippen molar-refractivity contribution in [1.29, 1.82) is 0 Å². The Bertz CT molecular complexity index is 359. The third-order valence-corrected chi connectivity index (χ3v) is 3.63. The highest BCUT2D eigenvalue weighted by molar-refractivity contribution is 5.85. The molecule has 0 spiro atoms. The second-order valence-electron chi connectivity index (χ2n) is 4.33. The first-order valence-corrected chi connectivity index (χ1v) is 5.35. The van der Waals surface area contributed by atoms with Crippen molar-refractivity contribution in [2.45, 2.75) is 40.7 Å². The number of aliphatic hydroxyl groups is 1. The molecule has 0 aromatic heterocycles. The number of halogens is 1. The summed E-state index contributed by atoms with van der Waals surface area (Å²) in [5, 5.41) is 9.16. The molecule has 2 nitrogen and oxygen atoms in total. The number of benzene rings is 1. The van der Waals surface area contributed by atoms with E-state index >= 15 is 0 Å². The van der Waals surface area contributed by atoms with Crippen LogP contribution in [0.5, 0.6) is 0 Å². The van der Waals surface area contributed by atoms with Crippen LogP contribution in [0.25, 0.3) is 0 Å². The summed E-state index contributed by atoms with van der Waals surface area (Å²) in [4.78, 5) is 0. The van der Waals surface area contributed by atoms with Crippen molar-refractivity contribution >= 4 is 12.4 Å². The number of hydrogen-bond donors (Lipinski definition) is 2. The molecule has 0 saturated carbocycles. The Labute approximate surface area is 104 Å². The lowest BCUT2D eigenvalue weighted by Gasteiger charge is -2.21. The van der Waals surface area contributed by atoms with Gasteiger partial charge in [-0.2, -0.15) is 0 Å². The molecule has 1 unspecified atom stereocenters. The highest BCUT2D eigenvalue weighted by atomic mass is 35.5. The zero-order valence-electron chi connectivity index (χ0n) is 10.7. The molecular formula is C13H22ClNO. The Morgan fingerprint density at radius 3 is 1.50 bits per heavy atom. The molecule has 3 N–H and O–H groups in total. The van der Waals surface area contributed by atoms with Crippen LogP contribution in [0, 0.1) is 34.6 Å². The molecule has 1 rings (SSSR count). The lowest BCUT2D eigenvalue weighted by molar-refractivity contribution is 0.267. The molecule has 0 heterocycles. The fraction of sp³-hybridized carbons (Fsp3) is 0.538. The van der Waals surface area contributed by atoms with E-state index in [1.54, 1.807) is 0 Å². The predicted molar refractivity (Wildman–Crippen MR) is 71.4 cm³/mol. The van der Waals surface area contributed by atoms with E-state index in [1.807, 2.05) is 0 Å². The fourth-order valence-electron chi connectivity index (χ4n) is 2.18. The van der Waals surface area contributed by atoms with E-state index in [2.05, 4.69) is 34.6 Å². The summed E-state index contributed by atoms with van der Waals surface area (Å²) < 4.78 is 0. The van der Waals surface area contributed by atoms with Crippen molar-refractivity contribution in [3.05, 3.63) is 33.4 Å². The Kier molecular flexibility index (Phi) is 5.47. The van der Waals surface area contributed by atoms with Crippen LogP contribution in [0.3, 0.4) is 0 Å². The van der Waals surface area contributed by atoms with Gasteiger partial charge in [-0.3, -0.25) is 0 Å². The lowest BCUT2D eigenvalue weighted by Crippen LogP contribution is -2.19. The highest BCUT2D eigenvalue weighted by Gasteiger charge is 2.16. The van der Waals surface area contributed by atoms with Crippen molar-refractivity contribution in [3.63, 3.8) is 0 Å². The van der Waals surface area contributed by atoms with Crippen LogP contribution in [0.4, 0.5) is 0 Å². The van der Waals surface area contributed by atoms with Crippen LogP contribution < -0.4 is 5.73 Å². The summed E-state index contributed by atoms with van der Waals surface area (Å²) in [7, 11) is 0. The van der Waals surface area contributed by atoms with Gasteiger partial charge in [-0.05, 0) is 68.0 Å². The maximum Gasteiger partial charge on any atom is 0.0624 e. The molecular weight excluding hydrogens is 222 g/mol. The van der Waals surface area contributed by atoms with Gasteiger partial charge in [0.2, 0.25) is 0 Å². The molecule has 0 amide bonds. The summed E-state index contributed by atoms with van der Waals surface area (Å²) in [6.45, 7) is 10.5. The number of aliphatic hydroxyl groups excluding tert-OH is 1. The maximum absolute atomic E-state index is 9.16. The van der Waals surface area contributed by atoms with Gasteiger partial charge in [-0.15, -0.1) is 12.4 Å². The largest absolute Gasteiger partial charge is 0.394 e. The molecule has 0 aliphatic carbocycles. The SMILES string of the molecule is Cc1c(C)c(C)c(C(N)CO)c(C)c1C.Cl. The molecule has 0 aliphatic heterocycles. The Morgan fingerprint density at radius 2 is 1.19 bits per heavy atom. The van der Waals surface area contributed by atoms with E-state index < -0.39 is 0 Å². The van der Waals surface area contributed by atoms with Gasteiger partial charge in [0, 0.05) is 0 Å². The highest BCUT2D eigenvalue weighted by Crippen LogP contribution is 2.29. The zero-order valence-corrected chi connectivity index (χ0v) is 11.5. The predicted octanol–water partition coefficient (Wildman–Crippen LogP) is 2.64. The van der Waals surface area contributed by atoms with Gasteiger partial charge in [0.1, 0.15) is 0 Å². The monoisotopic (exact) mass is 243 g/mol. The zero-order chi connectivity index (χ0) is 11.7. The van der Waals surface area contributed by atoms with Gasteiger partial charge in [0.05, 0.1) is 12.6 Å². The molecule has 0 bridgehead atoms. The average molecular weight is 244 g/mol. The van der Waals surface area contributed by atoms with Gasteiger partial charge in [0.15, 0.2) is 0 Å². The minimum atomic E-state index is -0.261. The molecule has 1 aromatic rings. The smallest absolute Gasteiger partial charge is 0.0624 e. The van der Waals surface area contributed by atoms with Gasteiger partial charge in [0.25, 0.3) is 0 Å². The van der Waals surface area contributed by atoms with E-state index in [9.17, 15) is 0 Å². The number of hydrogen-bond acceptors (Lipinski definition) is 2. The summed E-state index contributed by atoms with van der Waals surface area (Å²) in [5.41, 5.74) is 13.4. The maximum atomic E-state index is 9.16. The van der Waals surface area contributed by atoms with Crippen molar-refractivity contribution in [2.75, 3.05) is 6.61 Å². The van der Waals surface area contributed by atoms with Gasteiger partial charge in [-0.25, -0.2) is 0 Å². The normalized spacial score (nSPS) is 12.2. The molecule has 3 heteroatoms. The molecule has 0 radical (unpaired) electrons. The molecule has 0 saturated heterocycles. The minimum absolute atomic E-state index is 0. The fourth-order valence-corrected chi connectivity index (χ4v) is 2.18. The minimum Gasteiger partial charge on any atom is -0.394 e.